The molecule has 0 fully saturated rings. The molecule has 0 atom stereocenters. The standard InChI is InChI=1S/CH4N2.BrH.Cs.HI.Pb.H/c2-1-3;;;;;/h1H,(H3,2,3);1H;;1H;;/q;;+1;;+2;-1/p-2. The molecule has 6 heteroatoms. The topological polar surface area (TPSA) is 49.9 Å². The van der Waals surface area contributed by atoms with Crippen LogP contribution < -0.4 is 74.6 Å². The summed E-state index contributed by atoms with van der Waals surface area (Å²) in [6.07, 6.45) is 0.750. The Morgan fingerprint density at radius 2 is 2.00 bits per heavy atom. The van der Waals surface area contributed by atoms with Gasteiger partial charge in [0, 0.05) is 0 Å². The smallest absolute Gasteiger partial charge is 1.00 e. The first kappa shape index (κ1) is 16.9. The van der Waals surface area contributed by atoms with Gasteiger partial charge in [-0.15, -0.1) is 0 Å². The largest absolute Gasteiger partial charge is 1.00 e. The average molecular weight is 592 g/mol. The Bertz CT molecular complexity index is 36.0. The van der Waals surface area contributed by atoms with Crippen molar-refractivity contribution < 1.29 is 70.3 Å². The summed E-state index contributed by atoms with van der Waals surface area (Å²) in [5, 5.41) is 5.86. The summed E-state index contributed by atoms with van der Waals surface area (Å²) >= 11 is 5.59. The number of rotatable bonds is 0. The van der Waals surface area contributed by atoms with E-state index in [1.54, 1.807) is 0 Å². The Morgan fingerprint density at radius 1 is 2.00 bits per heavy atom. The van der Waals surface area contributed by atoms with Crippen LogP contribution in [-0.4, -0.2) is 23.9 Å². The minimum Gasteiger partial charge on any atom is -1.00 e. The molecule has 0 saturated carbocycles. The molecule has 0 aliphatic rings. The van der Waals surface area contributed by atoms with Gasteiger partial charge in [0.05, 0.1) is 6.34 Å². The summed E-state index contributed by atoms with van der Waals surface area (Å²) in [5.41, 5.74) is 4.39. The molecule has 2 nitrogen and oxygen atoms in total. The Balaban J connectivity index is -0.0000000160. The molecule has 0 unspecified atom stereocenters. The van der Waals surface area contributed by atoms with E-state index in [9.17, 15) is 0 Å². The Labute approximate surface area is 131 Å². The van der Waals surface area contributed by atoms with Crippen molar-refractivity contribution in [3.8, 4) is 0 Å². The van der Waals surface area contributed by atoms with Crippen molar-refractivity contribution in [1.82, 2.24) is 0 Å². The normalized spacial score (nSPS) is 4.29. The van der Waals surface area contributed by atoms with Gasteiger partial charge in [0.1, 0.15) is 0 Å². The Hall–Kier alpha value is 3.65. The van der Waals surface area contributed by atoms with Gasteiger partial charge in [-0.2, -0.15) is 0 Å². The molecule has 2 radical (unpaired) electrons. The quantitative estimate of drug-likeness (QED) is 0.146. The van der Waals surface area contributed by atoms with Gasteiger partial charge in [-0.1, -0.05) is 0 Å². The predicted molar refractivity (Wildman–Crippen MR) is 42.8 cm³/mol. The fourth-order valence-corrected chi connectivity index (χ4v) is 0. The fourth-order valence-electron chi connectivity index (χ4n) is 0. The van der Waals surface area contributed by atoms with Crippen LogP contribution in [0, 0.1) is 5.41 Å². The van der Waals surface area contributed by atoms with Crippen LogP contribution in [0.3, 0.4) is 0 Å². The van der Waals surface area contributed by atoms with Crippen LogP contribution in [0.25, 0.3) is 0 Å². The zero-order chi connectivity index (χ0) is 5.41. The number of hydrogen-bond donors (Lipinski definition) is 2. The summed E-state index contributed by atoms with van der Waals surface area (Å²) in [4.78, 5) is 0. The van der Waals surface area contributed by atoms with E-state index < -0.39 is 0 Å². The van der Waals surface area contributed by atoms with Gasteiger partial charge in [-0.05, 0) is 0 Å². The van der Waals surface area contributed by atoms with Crippen LogP contribution in [0.4, 0.5) is 0 Å². The molecule has 0 saturated heterocycles. The Morgan fingerprint density at radius 3 is 2.00 bits per heavy atom. The van der Waals surface area contributed by atoms with E-state index in [-0.39, 0.29) is 87.9 Å². The molecule has 0 spiro atoms. The maximum absolute atomic E-state index is 5.86. The van der Waals surface area contributed by atoms with Crippen LogP contribution in [0.15, 0.2) is 0 Å². The summed E-state index contributed by atoms with van der Waals surface area (Å²) in [6, 6.07) is 0. The van der Waals surface area contributed by atoms with Crippen LogP contribution in [-0.2, 0) is 0 Å². The first-order valence-electron chi connectivity index (χ1n) is 1.000. The van der Waals surface area contributed by atoms with Crippen LogP contribution >= 0.6 is 29.7 Å². The SMILES string of the molecule is N=CN.[Br][Pb][I].[Cs+].[H-]. The van der Waals surface area contributed by atoms with Gasteiger partial charge < -0.3 is 7.16 Å². The van der Waals surface area contributed by atoms with Crippen molar-refractivity contribution >= 4 is 53.6 Å². The van der Waals surface area contributed by atoms with E-state index in [0.717, 1.165) is 6.34 Å². The minimum atomic E-state index is -0.134. The molecule has 7 heavy (non-hydrogen) atoms. The second-order valence-corrected chi connectivity index (χ2v) is 22.0. The van der Waals surface area contributed by atoms with Crippen molar-refractivity contribution in [2.24, 2.45) is 5.73 Å². The number of halogens is 2. The first-order valence-corrected chi connectivity index (χ1v) is 20.4. The summed E-state index contributed by atoms with van der Waals surface area (Å²) in [5.74, 6) is 0. The van der Waals surface area contributed by atoms with Gasteiger partial charge in [-0.25, -0.2) is 0 Å². The van der Waals surface area contributed by atoms with E-state index in [2.05, 4.69) is 35.5 Å². The maximum atomic E-state index is 5.86. The molecule has 0 rings (SSSR count). The predicted octanol–water partition coefficient (Wildman–Crippen LogP) is -1.98. The van der Waals surface area contributed by atoms with Crippen LogP contribution in [0.1, 0.15) is 1.43 Å². The number of nitrogens with one attached hydrogen (secondary N) is 1. The minimum absolute atomic E-state index is 0. The van der Waals surface area contributed by atoms with Crippen molar-refractivity contribution in [1.29, 1.82) is 5.41 Å². The molecule has 0 aromatic heterocycles. The van der Waals surface area contributed by atoms with Crippen molar-refractivity contribution in [3.63, 3.8) is 0 Å². The third-order valence-electron chi connectivity index (χ3n) is 0. The number of hydrogen-bond acceptors (Lipinski definition) is 1. The third-order valence-corrected chi connectivity index (χ3v) is 0. The van der Waals surface area contributed by atoms with Gasteiger partial charge >= 0.3 is 116 Å². The summed E-state index contributed by atoms with van der Waals surface area (Å²) in [6.45, 7) is 0. The molecule has 0 heterocycles. The number of nitrogens with two attached hydrogens (primary N) is 1. The summed E-state index contributed by atoms with van der Waals surface area (Å²) in [7, 11) is 0. The Kier molecular flexibility index (Phi) is 54.8. The molecule has 0 aromatic carbocycles. The zero-order valence-electron chi connectivity index (χ0n) is 4.91. The van der Waals surface area contributed by atoms with E-state index in [1.165, 1.54) is 0 Å². The van der Waals surface area contributed by atoms with E-state index in [0.29, 0.717) is 0 Å². The maximum Gasteiger partial charge on any atom is 1.00 e. The van der Waals surface area contributed by atoms with Gasteiger partial charge in [0.25, 0.3) is 0 Å². The van der Waals surface area contributed by atoms with E-state index >= 15 is 0 Å². The zero-order valence-corrected chi connectivity index (χ0v) is 17.8. The van der Waals surface area contributed by atoms with Crippen LogP contribution in [0.2, 0.25) is 0 Å². The molecule has 0 bridgehead atoms. The molecular formula is CH5BrCsIN2Pb. The molecule has 0 aliphatic carbocycles. The van der Waals surface area contributed by atoms with Gasteiger partial charge in [0.2, 0.25) is 0 Å². The van der Waals surface area contributed by atoms with Crippen molar-refractivity contribution in [2.75, 3.05) is 0 Å². The van der Waals surface area contributed by atoms with E-state index in [4.69, 9.17) is 5.41 Å². The second kappa shape index (κ2) is 22.6. The first-order chi connectivity index (χ1) is 2.83. The molecule has 0 aromatic rings. The summed E-state index contributed by atoms with van der Waals surface area (Å²) < 4.78 is 0. The molecule has 38 valence electrons. The molecule has 3 N–H and O–H groups in total. The van der Waals surface area contributed by atoms with E-state index in [1.807, 2.05) is 0 Å². The van der Waals surface area contributed by atoms with Crippen molar-refractivity contribution in [2.45, 2.75) is 0 Å². The monoisotopic (exact) mass is 592 g/mol. The third kappa shape index (κ3) is 42.4. The second-order valence-electron chi connectivity index (χ2n) is 0.238. The molecular weight excluding hydrogens is 587 g/mol. The average Bonchev–Trinajstić information content (AvgIpc) is 1.39. The molecule has 0 aliphatic heterocycles. The van der Waals surface area contributed by atoms with Gasteiger partial charge in [0.15, 0.2) is 0 Å². The molecule has 0 amide bonds. The van der Waals surface area contributed by atoms with Gasteiger partial charge in [-0.3, -0.25) is 5.41 Å². The van der Waals surface area contributed by atoms with Crippen LogP contribution in [0.5, 0.6) is 0 Å². The fraction of sp³-hybridized carbons (Fsp3) is 0. The van der Waals surface area contributed by atoms with Crippen molar-refractivity contribution in [3.05, 3.63) is 0 Å².